The van der Waals surface area contributed by atoms with Crippen LogP contribution in [0.1, 0.15) is 5.56 Å². The second kappa shape index (κ2) is 4.67. The summed E-state index contributed by atoms with van der Waals surface area (Å²) >= 11 is 0. The zero-order valence-corrected chi connectivity index (χ0v) is 10.5. The summed E-state index contributed by atoms with van der Waals surface area (Å²) in [5, 5.41) is 3.35. The molecule has 0 aromatic heterocycles. The number of nitrogens with zero attached hydrogens (tertiary/aromatic N) is 2. The molecule has 0 aliphatic carbocycles. The van der Waals surface area contributed by atoms with Crippen molar-refractivity contribution in [2.75, 3.05) is 44.2 Å². The van der Waals surface area contributed by atoms with E-state index in [1.54, 1.807) is 0 Å². The van der Waals surface area contributed by atoms with Gasteiger partial charge in [-0.3, -0.25) is 4.90 Å². The molecule has 1 N–H and O–H groups in total. The molecule has 3 rings (SSSR count). The first kappa shape index (κ1) is 11.1. The molecule has 0 amide bonds. The fourth-order valence-electron chi connectivity index (χ4n) is 2.63. The minimum Gasteiger partial charge on any atom is -0.369 e. The number of benzene rings is 1. The van der Waals surface area contributed by atoms with E-state index in [0.29, 0.717) is 0 Å². The van der Waals surface area contributed by atoms with Gasteiger partial charge in [-0.05, 0) is 19.1 Å². The monoisotopic (exact) mass is 231 g/mol. The quantitative estimate of drug-likeness (QED) is 0.822. The Kier molecular flexibility index (Phi) is 3.04. The molecule has 3 heteroatoms. The van der Waals surface area contributed by atoms with E-state index < -0.39 is 0 Å². The Morgan fingerprint density at radius 1 is 1.00 bits per heavy atom. The average molecular weight is 231 g/mol. The molecule has 2 aliphatic heterocycles. The maximum Gasteiger partial charge on any atom is 0.0367 e. The standard InChI is InChI=1S/C14H21N3/c1-12-2-4-13(5-3-12)16-6-8-17(9-7-16)14-10-15-11-14/h2-5,14-15H,6-11H2,1H3. The SMILES string of the molecule is Cc1ccc(N2CCN(C3CNC3)CC2)cc1. The van der Waals surface area contributed by atoms with Crippen molar-refractivity contribution in [1.29, 1.82) is 0 Å². The predicted octanol–water partition coefficient (Wildman–Crippen LogP) is 1.09. The lowest BCUT2D eigenvalue weighted by atomic mass is 10.1. The summed E-state index contributed by atoms with van der Waals surface area (Å²) in [6.07, 6.45) is 0. The van der Waals surface area contributed by atoms with Crippen molar-refractivity contribution in [2.45, 2.75) is 13.0 Å². The average Bonchev–Trinajstić information content (AvgIpc) is 2.29. The zero-order valence-electron chi connectivity index (χ0n) is 10.5. The van der Waals surface area contributed by atoms with Crippen molar-refractivity contribution in [3.05, 3.63) is 29.8 Å². The summed E-state index contributed by atoms with van der Waals surface area (Å²) in [5.74, 6) is 0. The highest BCUT2D eigenvalue weighted by atomic mass is 15.3. The molecule has 92 valence electrons. The maximum atomic E-state index is 3.35. The van der Waals surface area contributed by atoms with Crippen LogP contribution in [0.25, 0.3) is 0 Å². The largest absolute Gasteiger partial charge is 0.369 e. The first-order chi connectivity index (χ1) is 8.33. The van der Waals surface area contributed by atoms with Gasteiger partial charge in [-0.2, -0.15) is 0 Å². The van der Waals surface area contributed by atoms with E-state index in [1.165, 1.54) is 50.5 Å². The van der Waals surface area contributed by atoms with E-state index in [2.05, 4.69) is 46.3 Å². The highest BCUT2D eigenvalue weighted by molar-refractivity contribution is 5.47. The van der Waals surface area contributed by atoms with Gasteiger partial charge in [0.15, 0.2) is 0 Å². The molecule has 1 aromatic carbocycles. The second-order valence-corrected chi connectivity index (χ2v) is 5.17. The van der Waals surface area contributed by atoms with Gasteiger partial charge in [-0.15, -0.1) is 0 Å². The van der Waals surface area contributed by atoms with E-state index in [1.807, 2.05) is 0 Å². The van der Waals surface area contributed by atoms with Gasteiger partial charge in [0.05, 0.1) is 0 Å². The van der Waals surface area contributed by atoms with Gasteiger partial charge in [0, 0.05) is 51.0 Å². The van der Waals surface area contributed by atoms with Crippen LogP contribution >= 0.6 is 0 Å². The lowest BCUT2D eigenvalue weighted by Gasteiger charge is -2.43. The van der Waals surface area contributed by atoms with Crippen molar-refractivity contribution in [3.8, 4) is 0 Å². The molecule has 2 aliphatic rings. The Bertz CT molecular complexity index is 362. The summed E-state index contributed by atoms with van der Waals surface area (Å²) in [5.41, 5.74) is 2.72. The first-order valence-electron chi connectivity index (χ1n) is 6.59. The summed E-state index contributed by atoms with van der Waals surface area (Å²) in [7, 11) is 0. The van der Waals surface area contributed by atoms with Crippen LogP contribution < -0.4 is 10.2 Å². The molecule has 2 saturated heterocycles. The van der Waals surface area contributed by atoms with Crippen molar-refractivity contribution < 1.29 is 0 Å². The number of piperazine rings is 1. The second-order valence-electron chi connectivity index (χ2n) is 5.17. The third kappa shape index (κ3) is 2.31. The highest BCUT2D eigenvalue weighted by Gasteiger charge is 2.27. The van der Waals surface area contributed by atoms with Crippen LogP contribution in [-0.4, -0.2) is 50.2 Å². The minimum atomic E-state index is 0.801. The van der Waals surface area contributed by atoms with Gasteiger partial charge in [0.25, 0.3) is 0 Å². The fraction of sp³-hybridized carbons (Fsp3) is 0.571. The Hall–Kier alpha value is -1.06. The van der Waals surface area contributed by atoms with Crippen LogP contribution in [0.3, 0.4) is 0 Å². The van der Waals surface area contributed by atoms with Gasteiger partial charge in [0.1, 0.15) is 0 Å². The van der Waals surface area contributed by atoms with Gasteiger partial charge >= 0.3 is 0 Å². The molecular weight excluding hydrogens is 210 g/mol. The molecule has 0 bridgehead atoms. The molecule has 2 heterocycles. The van der Waals surface area contributed by atoms with E-state index >= 15 is 0 Å². The Morgan fingerprint density at radius 2 is 1.65 bits per heavy atom. The van der Waals surface area contributed by atoms with Crippen molar-refractivity contribution in [1.82, 2.24) is 10.2 Å². The Morgan fingerprint density at radius 3 is 2.18 bits per heavy atom. The Balaban J connectivity index is 1.58. The molecule has 0 atom stereocenters. The summed E-state index contributed by atoms with van der Waals surface area (Å²) in [6.45, 7) is 9.26. The van der Waals surface area contributed by atoms with Gasteiger partial charge in [-0.25, -0.2) is 0 Å². The number of nitrogens with one attached hydrogen (secondary N) is 1. The van der Waals surface area contributed by atoms with Crippen LogP contribution in [0.4, 0.5) is 5.69 Å². The summed E-state index contributed by atoms with van der Waals surface area (Å²) < 4.78 is 0. The van der Waals surface area contributed by atoms with E-state index in [-0.39, 0.29) is 0 Å². The lowest BCUT2D eigenvalue weighted by Crippen LogP contribution is -2.61. The molecule has 2 fully saturated rings. The molecule has 0 unspecified atom stereocenters. The van der Waals surface area contributed by atoms with Crippen LogP contribution in [0, 0.1) is 6.92 Å². The number of hydrogen-bond donors (Lipinski definition) is 1. The highest BCUT2D eigenvalue weighted by Crippen LogP contribution is 2.18. The normalized spacial score (nSPS) is 22.5. The topological polar surface area (TPSA) is 18.5 Å². The maximum absolute atomic E-state index is 3.35. The van der Waals surface area contributed by atoms with Crippen molar-refractivity contribution >= 4 is 5.69 Å². The van der Waals surface area contributed by atoms with Crippen LogP contribution in [-0.2, 0) is 0 Å². The van der Waals surface area contributed by atoms with Gasteiger partial charge < -0.3 is 10.2 Å². The number of aryl methyl sites for hydroxylation is 1. The molecule has 17 heavy (non-hydrogen) atoms. The van der Waals surface area contributed by atoms with Crippen molar-refractivity contribution in [2.24, 2.45) is 0 Å². The third-order valence-electron chi connectivity index (χ3n) is 3.99. The van der Waals surface area contributed by atoms with Crippen LogP contribution in [0.15, 0.2) is 24.3 Å². The molecule has 1 aromatic rings. The Labute approximate surface area is 103 Å². The first-order valence-corrected chi connectivity index (χ1v) is 6.59. The summed E-state index contributed by atoms with van der Waals surface area (Å²) in [4.78, 5) is 5.13. The number of anilines is 1. The van der Waals surface area contributed by atoms with E-state index in [9.17, 15) is 0 Å². The number of hydrogen-bond acceptors (Lipinski definition) is 3. The lowest BCUT2D eigenvalue weighted by molar-refractivity contribution is 0.138. The molecule has 3 nitrogen and oxygen atoms in total. The van der Waals surface area contributed by atoms with E-state index in [4.69, 9.17) is 0 Å². The third-order valence-corrected chi connectivity index (χ3v) is 3.99. The van der Waals surface area contributed by atoms with E-state index in [0.717, 1.165) is 6.04 Å². The molecule has 0 radical (unpaired) electrons. The molecular formula is C14H21N3. The predicted molar refractivity (Wildman–Crippen MR) is 71.6 cm³/mol. The van der Waals surface area contributed by atoms with Gasteiger partial charge in [-0.1, -0.05) is 17.7 Å². The summed E-state index contributed by atoms with van der Waals surface area (Å²) in [6, 6.07) is 9.70. The molecule has 0 spiro atoms. The fourth-order valence-corrected chi connectivity index (χ4v) is 2.63. The number of rotatable bonds is 2. The van der Waals surface area contributed by atoms with Crippen LogP contribution in [0.5, 0.6) is 0 Å². The smallest absolute Gasteiger partial charge is 0.0367 e. The molecule has 0 saturated carbocycles. The van der Waals surface area contributed by atoms with Crippen molar-refractivity contribution in [3.63, 3.8) is 0 Å². The van der Waals surface area contributed by atoms with Crippen LogP contribution in [0.2, 0.25) is 0 Å². The van der Waals surface area contributed by atoms with Gasteiger partial charge in [0.2, 0.25) is 0 Å². The zero-order chi connectivity index (χ0) is 11.7. The minimum absolute atomic E-state index is 0.801.